The molecule has 8 heteroatoms. The fourth-order valence-corrected chi connectivity index (χ4v) is 4.21. The van der Waals surface area contributed by atoms with Crippen LogP contribution in [0.1, 0.15) is 21.5 Å². The summed E-state index contributed by atoms with van der Waals surface area (Å²) in [6.45, 7) is 0. The third-order valence-electron chi connectivity index (χ3n) is 4.41. The molecule has 0 radical (unpaired) electrons. The average Bonchev–Trinajstić information content (AvgIpc) is 3.13. The van der Waals surface area contributed by atoms with Crippen molar-refractivity contribution in [3.63, 3.8) is 0 Å². The maximum absolute atomic E-state index is 13.1. The molecule has 0 aliphatic heterocycles. The molecular formula is C21H11N3O4S. The Hall–Kier alpha value is -4.09. The van der Waals surface area contributed by atoms with Crippen molar-refractivity contribution >= 4 is 32.3 Å². The molecule has 0 saturated heterocycles. The molecule has 0 bridgehead atoms. The topological polar surface area (TPSA) is 106 Å². The van der Waals surface area contributed by atoms with E-state index in [1.165, 1.54) is 41.0 Å². The van der Waals surface area contributed by atoms with Crippen LogP contribution in [0.2, 0.25) is 0 Å². The minimum Gasteiger partial charge on any atom is -0.288 e. The van der Waals surface area contributed by atoms with Gasteiger partial charge in [0.15, 0.2) is 0 Å². The molecule has 0 N–H and O–H groups in total. The van der Waals surface area contributed by atoms with Crippen LogP contribution < -0.4 is 5.56 Å². The number of nitriles is 1. The van der Waals surface area contributed by atoms with Gasteiger partial charge in [0.2, 0.25) is 5.78 Å². The van der Waals surface area contributed by atoms with Crippen LogP contribution >= 0.6 is 11.3 Å². The van der Waals surface area contributed by atoms with Gasteiger partial charge in [-0.1, -0.05) is 18.2 Å². The molecule has 0 aliphatic carbocycles. The third kappa shape index (κ3) is 3.09. The first kappa shape index (κ1) is 18.3. The largest absolute Gasteiger partial charge is 0.337 e. The van der Waals surface area contributed by atoms with Crippen LogP contribution in [0, 0.1) is 21.4 Å². The molecule has 0 atom stereocenters. The molecule has 7 nitrogen and oxygen atoms in total. The minimum atomic E-state index is -0.610. The Labute approximate surface area is 167 Å². The Kier molecular flexibility index (Phi) is 4.50. The predicted octanol–water partition coefficient (Wildman–Crippen LogP) is 4.06. The summed E-state index contributed by atoms with van der Waals surface area (Å²) in [5, 5.41) is 20.6. The van der Waals surface area contributed by atoms with Gasteiger partial charge in [0, 0.05) is 17.0 Å². The number of pyridine rings is 1. The van der Waals surface area contributed by atoms with Crippen LogP contribution in [0.25, 0.3) is 15.9 Å². The fourth-order valence-electron chi connectivity index (χ4n) is 3.08. The Bertz CT molecular complexity index is 1360. The molecule has 0 amide bonds. The number of hydrogen-bond donors (Lipinski definition) is 0. The van der Waals surface area contributed by atoms with E-state index in [9.17, 15) is 19.7 Å². The summed E-state index contributed by atoms with van der Waals surface area (Å²) in [5.41, 5.74) is 0.742. The van der Waals surface area contributed by atoms with Crippen LogP contribution in [0.15, 0.2) is 71.5 Å². The highest BCUT2D eigenvalue weighted by Crippen LogP contribution is 2.38. The zero-order chi connectivity index (χ0) is 20.5. The first-order chi connectivity index (χ1) is 14.0. The number of fused-ring (bicyclic) bond motifs is 1. The lowest BCUT2D eigenvalue weighted by Crippen LogP contribution is -2.16. The van der Waals surface area contributed by atoms with Gasteiger partial charge in [0.25, 0.3) is 5.56 Å². The molecule has 0 spiro atoms. The van der Waals surface area contributed by atoms with Crippen LogP contribution in [0.5, 0.6) is 0 Å². The van der Waals surface area contributed by atoms with Crippen molar-refractivity contribution in [1.29, 1.82) is 5.26 Å². The van der Waals surface area contributed by atoms with Crippen molar-refractivity contribution < 1.29 is 9.72 Å². The van der Waals surface area contributed by atoms with E-state index in [1.54, 1.807) is 30.3 Å². The van der Waals surface area contributed by atoms with Crippen LogP contribution in [-0.2, 0) is 0 Å². The molecule has 2 aromatic carbocycles. The van der Waals surface area contributed by atoms with Crippen molar-refractivity contribution in [3.8, 4) is 11.8 Å². The number of carbonyl (C=O) groups excluding carboxylic acids is 1. The number of ketones is 1. The first-order valence-corrected chi connectivity index (χ1v) is 9.26. The summed E-state index contributed by atoms with van der Waals surface area (Å²) in [6.07, 6.45) is 0. The standard InChI is InChI=1S/C21H11N3O4S/c22-12-13-6-8-14(9-7-13)19(26)18-16-10-11-17(25)23(15-4-2-1-3-5-15)20(16)29-21(18)24(27)28/h1-11H. The van der Waals surface area contributed by atoms with E-state index in [0.29, 0.717) is 21.5 Å². The van der Waals surface area contributed by atoms with E-state index in [0.717, 1.165) is 11.3 Å². The quantitative estimate of drug-likeness (QED) is 0.291. The summed E-state index contributed by atoms with van der Waals surface area (Å²) >= 11 is 0.789. The Balaban J connectivity index is 2.00. The number of carbonyl (C=O) groups is 1. The number of thiophene rings is 1. The summed E-state index contributed by atoms with van der Waals surface area (Å²) < 4.78 is 1.36. The number of aromatic nitrogens is 1. The number of benzene rings is 2. The van der Waals surface area contributed by atoms with Crippen molar-refractivity contribution in [2.45, 2.75) is 0 Å². The smallest absolute Gasteiger partial charge is 0.288 e. The third-order valence-corrected chi connectivity index (χ3v) is 5.55. The second kappa shape index (κ2) is 7.14. The van der Waals surface area contributed by atoms with Crippen LogP contribution in [0.3, 0.4) is 0 Å². The number of para-hydroxylation sites is 1. The highest BCUT2D eigenvalue weighted by molar-refractivity contribution is 7.22. The Morgan fingerprint density at radius 1 is 1.03 bits per heavy atom. The van der Waals surface area contributed by atoms with E-state index in [2.05, 4.69) is 0 Å². The Morgan fingerprint density at radius 2 is 1.72 bits per heavy atom. The highest BCUT2D eigenvalue weighted by Gasteiger charge is 2.29. The number of nitro groups is 1. The lowest BCUT2D eigenvalue weighted by Gasteiger charge is -2.07. The SMILES string of the molecule is N#Cc1ccc(C(=O)c2c([N+](=O)[O-])sc3c2ccc(=O)n3-c2ccccc2)cc1. The first-order valence-electron chi connectivity index (χ1n) is 8.44. The number of hydrogen-bond acceptors (Lipinski definition) is 6. The maximum atomic E-state index is 13.1. The molecule has 0 saturated carbocycles. The number of rotatable bonds is 4. The summed E-state index contributed by atoms with van der Waals surface area (Å²) in [6, 6.07) is 19.3. The van der Waals surface area contributed by atoms with E-state index >= 15 is 0 Å². The van der Waals surface area contributed by atoms with E-state index in [4.69, 9.17) is 5.26 Å². The van der Waals surface area contributed by atoms with Crippen molar-refractivity contribution in [2.75, 3.05) is 0 Å². The molecule has 2 aromatic heterocycles. The van der Waals surface area contributed by atoms with Crippen molar-refractivity contribution in [1.82, 2.24) is 4.57 Å². The molecule has 2 heterocycles. The van der Waals surface area contributed by atoms with Gasteiger partial charge in [-0.15, -0.1) is 0 Å². The van der Waals surface area contributed by atoms with Crippen molar-refractivity contribution in [3.05, 3.63) is 104 Å². The zero-order valence-electron chi connectivity index (χ0n) is 14.7. The molecule has 0 unspecified atom stereocenters. The second-order valence-electron chi connectivity index (χ2n) is 6.12. The Morgan fingerprint density at radius 3 is 2.34 bits per heavy atom. The molecule has 0 fully saturated rings. The lowest BCUT2D eigenvalue weighted by molar-refractivity contribution is -0.380. The monoisotopic (exact) mass is 401 g/mol. The maximum Gasteiger partial charge on any atom is 0.337 e. The second-order valence-corrected chi connectivity index (χ2v) is 7.10. The van der Waals surface area contributed by atoms with Gasteiger partial charge in [0.05, 0.1) is 22.2 Å². The summed E-state index contributed by atoms with van der Waals surface area (Å²) in [5.74, 6) is -0.536. The van der Waals surface area contributed by atoms with Gasteiger partial charge in [-0.3, -0.25) is 24.3 Å². The molecule has 4 rings (SSSR count). The van der Waals surface area contributed by atoms with Crippen LogP contribution in [0.4, 0.5) is 5.00 Å². The molecule has 0 aliphatic rings. The van der Waals surface area contributed by atoms with E-state index in [1.807, 2.05) is 6.07 Å². The average molecular weight is 401 g/mol. The predicted molar refractivity (Wildman–Crippen MR) is 109 cm³/mol. The molecule has 4 aromatic rings. The number of nitrogens with zero attached hydrogens (tertiary/aromatic N) is 3. The van der Waals surface area contributed by atoms with E-state index in [-0.39, 0.29) is 21.7 Å². The normalized spacial score (nSPS) is 10.6. The van der Waals surface area contributed by atoms with Gasteiger partial charge >= 0.3 is 5.00 Å². The van der Waals surface area contributed by atoms with E-state index < -0.39 is 10.7 Å². The van der Waals surface area contributed by atoms with Gasteiger partial charge in [-0.2, -0.15) is 5.26 Å². The van der Waals surface area contributed by atoms with Gasteiger partial charge < -0.3 is 0 Å². The molecule has 140 valence electrons. The lowest BCUT2D eigenvalue weighted by atomic mass is 10.0. The van der Waals surface area contributed by atoms with Crippen LogP contribution in [-0.4, -0.2) is 15.3 Å². The zero-order valence-corrected chi connectivity index (χ0v) is 15.6. The highest BCUT2D eigenvalue weighted by atomic mass is 32.1. The molecular weight excluding hydrogens is 390 g/mol. The van der Waals surface area contributed by atoms with Gasteiger partial charge in [0.1, 0.15) is 10.4 Å². The van der Waals surface area contributed by atoms with Gasteiger partial charge in [-0.05, 0) is 53.8 Å². The fraction of sp³-hybridized carbons (Fsp3) is 0. The summed E-state index contributed by atoms with van der Waals surface area (Å²) in [4.78, 5) is 37.0. The van der Waals surface area contributed by atoms with Crippen molar-refractivity contribution in [2.24, 2.45) is 0 Å². The molecule has 29 heavy (non-hydrogen) atoms. The summed E-state index contributed by atoms with van der Waals surface area (Å²) in [7, 11) is 0. The van der Waals surface area contributed by atoms with Gasteiger partial charge in [-0.25, -0.2) is 0 Å². The minimum absolute atomic E-state index is 0.0654.